The van der Waals surface area contributed by atoms with E-state index >= 15 is 0 Å². The van der Waals surface area contributed by atoms with Crippen LogP contribution in [0.2, 0.25) is 0 Å². The summed E-state index contributed by atoms with van der Waals surface area (Å²) >= 11 is 0. The number of carbonyl (C=O) groups is 2. The molecule has 1 saturated heterocycles. The number of amides is 2. The SMILES string of the molecule is CCC(CC)CNC(=O)N1CCC(C(=O)O)(C(C)C)C1. The molecular formula is C15H28N2O3. The Morgan fingerprint density at radius 1 is 1.30 bits per heavy atom. The Labute approximate surface area is 121 Å². The highest BCUT2D eigenvalue weighted by Gasteiger charge is 2.48. The van der Waals surface area contributed by atoms with Crippen molar-refractivity contribution in [2.24, 2.45) is 17.3 Å². The maximum absolute atomic E-state index is 12.1. The highest BCUT2D eigenvalue weighted by molar-refractivity contribution is 5.80. The van der Waals surface area contributed by atoms with Crippen LogP contribution in [0, 0.1) is 17.3 Å². The molecule has 116 valence electrons. The summed E-state index contributed by atoms with van der Waals surface area (Å²) in [7, 11) is 0. The minimum absolute atomic E-state index is 0.0248. The Morgan fingerprint density at radius 3 is 2.30 bits per heavy atom. The average molecular weight is 284 g/mol. The van der Waals surface area contributed by atoms with Crippen LogP contribution < -0.4 is 5.32 Å². The molecule has 1 atom stereocenters. The van der Waals surface area contributed by atoms with Gasteiger partial charge in [0.05, 0.1) is 5.41 Å². The summed E-state index contributed by atoms with van der Waals surface area (Å²) < 4.78 is 0. The van der Waals surface area contributed by atoms with E-state index in [1.807, 2.05) is 13.8 Å². The van der Waals surface area contributed by atoms with Crippen LogP contribution in [0.15, 0.2) is 0 Å². The van der Waals surface area contributed by atoms with Gasteiger partial charge >= 0.3 is 12.0 Å². The number of urea groups is 1. The quantitative estimate of drug-likeness (QED) is 0.787. The molecule has 0 radical (unpaired) electrons. The van der Waals surface area contributed by atoms with Crippen LogP contribution in [0.3, 0.4) is 0 Å². The smallest absolute Gasteiger partial charge is 0.317 e. The predicted octanol–water partition coefficient (Wildman–Crippen LogP) is 2.56. The minimum atomic E-state index is -0.789. The van der Waals surface area contributed by atoms with Crippen molar-refractivity contribution in [2.75, 3.05) is 19.6 Å². The second-order valence-electron chi connectivity index (χ2n) is 6.16. The van der Waals surface area contributed by atoms with Crippen molar-refractivity contribution in [1.82, 2.24) is 10.2 Å². The Kier molecular flexibility index (Phi) is 5.84. The van der Waals surface area contributed by atoms with Gasteiger partial charge in [0.1, 0.15) is 0 Å². The number of carboxylic acids is 1. The van der Waals surface area contributed by atoms with Crippen molar-refractivity contribution in [3.8, 4) is 0 Å². The van der Waals surface area contributed by atoms with Crippen LogP contribution in [0.25, 0.3) is 0 Å². The van der Waals surface area contributed by atoms with E-state index in [-0.39, 0.29) is 11.9 Å². The number of aliphatic carboxylic acids is 1. The van der Waals surface area contributed by atoms with Crippen molar-refractivity contribution in [3.63, 3.8) is 0 Å². The highest BCUT2D eigenvalue weighted by atomic mass is 16.4. The second-order valence-corrected chi connectivity index (χ2v) is 6.16. The fourth-order valence-corrected chi connectivity index (χ4v) is 2.82. The van der Waals surface area contributed by atoms with E-state index in [9.17, 15) is 14.7 Å². The lowest BCUT2D eigenvalue weighted by Crippen LogP contribution is -2.44. The third-order valence-corrected chi connectivity index (χ3v) is 4.82. The number of carboxylic acid groups (broad SMARTS) is 1. The summed E-state index contributed by atoms with van der Waals surface area (Å²) in [6, 6.07) is -0.124. The molecule has 1 aliphatic heterocycles. The maximum Gasteiger partial charge on any atom is 0.317 e. The van der Waals surface area contributed by atoms with Gasteiger partial charge < -0.3 is 15.3 Å². The molecule has 1 rings (SSSR count). The van der Waals surface area contributed by atoms with Crippen LogP contribution in [0.4, 0.5) is 4.79 Å². The van der Waals surface area contributed by atoms with Gasteiger partial charge in [-0.3, -0.25) is 4.79 Å². The van der Waals surface area contributed by atoms with Crippen molar-refractivity contribution in [1.29, 1.82) is 0 Å². The Hall–Kier alpha value is -1.26. The van der Waals surface area contributed by atoms with E-state index in [0.29, 0.717) is 32.0 Å². The molecule has 0 aliphatic carbocycles. The Morgan fingerprint density at radius 2 is 1.90 bits per heavy atom. The van der Waals surface area contributed by atoms with Gasteiger partial charge in [-0.05, 0) is 18.3 Å². The van der Waals surface area contributed by atoms with Gasteiger partial charge in [0.25, 0.3) is 0 Å². The summed E-state index contributed by atoms with van der Waals surface area (Å²) in [5.74, 6) is -0.268. The van der Waals surface area contributed by atoms with Crippen molar-refractivity contribution in [3.05, 3.63) is 0 Å². The molecule has 20 heavy (non-hydrogen) atoms. The molecule has 1 fully saturated rings. The van der Waals surface area contributed by atoms with E-state index < -0.39 is 11.4 Å². The lowest BCUT2D eigenvalue weighted by molar-refractivity contribution is -0.150. The molecule has 2 amide bonds. The number of hydrogen-bond acceptors (Lipinski definition) is 2. The molecule has 5 nitrogen and oxygen atoms in total. The topological polar surface area (TPSA) is 69.6 Å². The first-order chi connectivity index (χ1) is 9.37. The summed E-state index contributed by atoms with van der Waals surface area (Å²) in [4.78, 5) is 25.3. The Bertz CT molecular complexity index is 353. The number of nitrogens with one attached hydrogen (secondary N) is 1. The zero-order valence-corrected chi connectivity index (χ0v) is 13.1. The van der Waals surface area contributed by atoms with Crippen LogP contribution in [-0.2, 0) is 4.79 Å². The van der Waals surface area contributed by atoms with E-state index in [2.05, 4.69) is 19.2 Å². The third kappa shape index (κ3) is 3.44. The lowest BCUT2D eigenvalue weighted by Gasteiger charge is -2.28. The van der Waals surface area contributed by atoms with Crippen molar-refractivity contribution >= 4 is 12.0 Å². The first kappa shape index (κ1) is 16.8. The van der Waals surface area contributed by atoms with Crippen LogP contribution in [0.1, 0.15) is 47.0 Å². The largest absolute Gasteiger partial charge is 0.481 e. The predicted molar refractivity (Wildman–Crippen MR) is 78.6 cm³/mol. The van der Waals surface area contributed by atoms with E-state index in [1.54, 1.807) is 4.90 Å². The normalized spacial score (nSPS) is 22.6. The zero-order chi connectivity index (χ0) is 15.3. The number of hydrogen-bond donors (Lipinski definition) is 2. The second kappa shape index (κ2) is 6.95. The van der Waals surface area contributed by atoms with Gasteiger partial charge in [-0.2, -0.15) is 0 Å². The van der Waals surface area contributed by atoms with Gasteiger partial charge in [0, 0.05) is 19.6 Å². The van der Waals surface area contributed by atoms with Gasteiger partial charge in [-0.15, -0.1) is 0 Å². The highest BCUT2D eigenvalue weighted by Crippen LogP contribution is 2.38. The minimum Gasteiger partial charge on any atom is -0.481 e. The van der Waals surface area contributed by atoms with Crippen LogP contribution in [0.5, 0.6) is 0 Å². The molecule has 0 spiro atoms. The average Bonchev–Trinajstić information content (AvgIpc) is 2.86. The summed E-state index contributed by atoms with van der Waals surface area (Å²) in [6.07, 6.45) is 2.63. The molecule has 5 heteroatoms. The number of nitrogens with zero attached hydrogens (tertiary/aromatic N) is 1. The summed E-state index contributed by atoms with van der Waals surface area (Å²) in [5.41, 5.74) is -0.785. The first-order valence-corrected chi connectivity index (χ1v) is 7.63. The molecule has 1 unspecified atom stereocenters. The molecule has 0 aromatic carbocycles. The van der Waals surface area contributed by atoms with Gasteiger partial charge in [-0.25, -0.2) is 4.79 Å². The van der Waals surface area contributed by atoms with Gasteiger partial charge in [0.15, 0.2) is 0 Å². The molecule has 0 aromatic rings. The maximum atomic E-state index is 12.1. The molecular weight excluding hydrogens is 256 g/mol. The molecule has 0 saturated carbocycles. The van der Waals surface area contributed by atoms with Crippen molar-refractivity contribution < 1.29 is 14.7 Å². The molecule has 1 aliphatic rings. The van der Waals surface area contributed by atoms with E-state index in [0.717, 1.165) is 12.8 Å². The molecule has 0 bridgehead atoms. The molecule has 0 aromatic heterocycles. The van der Waals surface area contributed by atoms with Gasteiger partial charge in [-0.1, -0.05) is 40.5 Å². The third-order valence-electron chi connectivity index (χ3n) is 4.82. The summed E-state index contributed by atoms with van der Waals surface area (Å²) in [6.45, 7) is 9.58. The fraction of sp³-hybridized carbons (Fsp3) is 0.867. The number of likely N-dealkylation sites (tertiary alicyclic amines) is 1. The zero-order valence-electron chi connectivity index (χ0n) is 13.1. The van der Waals surface area contributed by atoms with E-state index in [1.165, 1.54) is 0 Å². The standard InChI is InChI=1S/C15H28N2O3/c1-5-12(6-2)9-16-14(20)17-8-7-15(10-17,11(3)4)13(18)19/h11-12H,5-10H2,1-4H3,(H,16,20)(H,18,19). The van der Waals surface area contributed by atoms with Crippen LogP contribution >= 0.6 is 0 Å². The fourth-order valence-electron chi connectivity index (χ4n) is 2.82. The van der Waals surface area contributed by atoms with Crippen molar-refractivity contribution in [2.45, 2.75) is 47.0 Å². The summed E-state index contributed by atoms with van der Waals surface area (Å²) in [5, 5.41) is 12.4. The lowest BCUT2D eigenvalue weighted by atomic mass is 9.76. The number of carbonyl (C=O) groups excluding carboxylic acids is 1. The first-order valence-electron chi connectivity index (χ1n) is 7.63. The van der Waals surface area contributed by atoms with E-state index in [4.69, 9.17) is 0 Å². The number of rotatable bonds is 6. The van der Waals surface area contributed by atoms with Crippen LogP contribution in [-0.4, -0.2) is 41.6 Å². The van der Waals surface area contributed by atoms with Gasteiger partial charge in [0.2, 0.25) is 0 Å². The monoisotopic (exact) mass is 284 g/mol. The Balaban J connectivity index is 2.58. The molecule has 2 N–H and O–H groups in total. The molecule has 1 heterocycles.